The number of H-pyrrole nitrogens is 1. The summed E-state index contributed by atoms with van der Waals surface area (Å²) in [7, 11) is 2.95. The maximum Gasteiger partial charge on any atom is 0.337 e. The molecule has 150 valence electrons. The molecule has 0 saturated heterocycles. The second-order valence-electron chi connectivity index (χ2n) is 6.69. The molecule has 1 aromatic heterocycles. The number of esters is 1. The van der Waals surface area contributed by atoms with E-state index in [1.54, 1.807) is 31.5 Å². The highest BCUT2D eigenvalue weighted by Crippen LogP contribution is 2.37. The van der Waals surface area contributed by atoms with Crippen LogP contribution in [0.1, 0.15) is 32.7 Å². The summed E-state index contributed by atoms with van der Waals surface area (Å²) < 4.78 is 10.1. The zero-order chi connectivity index (χ0) is 21.1. The maximum atomic E-state index is 12.6. The van der Waals surface area contributed by atoms with Crippen molar-refractivity contribution < 1.29 is 19.1 Å². The van der Waals surface area contributed by atoms with Crippen molar-refractivity contribution in [3.05, 3.63) is 82.7 Å². The van der Waals surface area contributed by atoms with Gasteiger partial charge in [-0.15, -0.1) is 0 Å². The minimum Gasteiger partial charge on any atom is -0.495 e. The maximum absolute atomic E-state index is 12.6. The largest absolute Gasteiger partial charge is 0.495 e. The third-order valence-corrected chi connectivity index (χ3v) is 4.89. The third kappa shape index (κ3) is 3.63. The van der Waals surface area contributed by atoms with E-state index in [0.717, 1.165) is 28.1 Å². The summed E-state index contributed by atoms with van der Waals surface area (Å²) in [6.45, 7) is 0. The van der Waals surface area contributed by atoms with E-state index < -0.39 is 0 Å². The lowest BCUT2D eigenvalue weighted by Gasteiger charge is -2.05. The number of hydrogen-bond acceptors (Lipinski definition) is 4. The van der Waals surface area contributed by atoms with Gasteiger partial charge in [0, 0.05) is 17.4 Å². The van der Waals surface area contributed by atoms with Gasteiger partial charge >= 0.3 is 5.97 Å². The van der Waals surface area contributed by atoms with Gasteiger partial charge < -0.3 is 19.8 Å². The Morgan fingerprint density at radius 3 is 2.53 bits per heavy atom. The van der Waals surface area contributed by atoms with E-state index in [2.05, 4.69) is 10.3 Å². The van der Waals surface area contributed by atoms with Gasteiger partial charge in [0.05, 0.1) is 31.1 Å². The fourth-order valence-electron chi connectivity index (χ4n) is 3.39. The molecule has 0 bridgehead atoms. The van der Waals surface area contributed by atoms with Crippen LogP contribution in [-0.2, 0) is 9.53 Å². The molecule has 0 aliphatic carbocycles. The number of anilines is 1. The first-order valence-electron chi connectivity index (χ1n) is 9.35. The number of benzene rings is 2. The first kappa shape index (κ1) is 19.3. The summed E-state index contributed by atoms with van der Waals surface area (Å²) in [5.41, 5.74) is 5.21. The van der Waals surface area contributed by atoms with Gasteiger partial charge in [-0.05, 0) is 41.5 Å². The summed E-state index contributed by atoms with van der Waals surface area (Å²) in [5, 5.41) is 2.92. The molecule has 0 spiro atoms. The van der Waals surface area contributed by atoms with Crippen LogP contribution in [0.25, 0.3) is 23.8 Å². The zero-order valence-corrected chi connectivity index (χ0v) is 16.6. The van der Waals surface area contributed by atoms with Crippen LogP contribution in [0.2, 0.25) is 0 Å². The van der Waals surface area contributed by atoms with E-state index in [9.17, 15) is 9.59 Å². The van der Waals surface area contributed by atoms with Crippen LogP contribution in [0.15, 0.2) is 54.7 Å². The van der Waals surface area contributed by atoms with E-state index in [4.69, 9.17) is 9.47 Å². The summed E-state index contributed by atoms with van der Waals surface area (Å²) in [4.78, 5) is 27.3. The number of nitrogens with one attached hydrogen (secondary N) is 2. The van der Waals surface area contributed by atoms with Gasteiger partial charge in [-0.2, -0.15) is 0 Å². The van der Waals surface area contributed by atoms with Crippen molar-refractivity contribution in [2.45, 2.75) is 0 Å². The van der Waals surface area contributed by atoms with Crippen molar-refractivity contribution in [3.63, 3.8) is 0 Å². The van der Waals surface area contributed by atoms with Crippen LogP contribution in [0.4, 0.5) is 5.69 Å². The average molecular weight is 400 g/mol. The number of amides is 1. The number of hydrogen-bond donors (Lipinski definition) is 2. The summed E-state index contributed by atoms with van der Waals surface area (Å²) in [6.07, 6.45) is 7.45. The molecular formula is C24H20N2O4. The lowest BCUT2D eigenvalue weighted by atomic mass is 9.98. The first-order chi connectivity index (χ1) is 14.6. The van der Waals surface area contributed by atoms with Gasteiger partial charge in [0.25, 0.3) is 5.91 Å². The topological polar surface area (TPSA) is 80.4 Å². The molecule has 4 rings (SSSR count). The smallest absolute Gasteiger partial charge is 0.337 e. The van der Waals surface area contributed by atoms with Gasteiger partial charge in [0.1, 0.15) is 5.75 Å². The highest BCUT2D eigenvalue weighted by Gasteiger charge is 2.26. The van der Waals surface area contributed by atoms with Crippen LogP contribution in [0.3, 0.4) is 0 Å². The average Bonchev–Trinajstić information content (AvgIpc) is 3.36. The number of fused-ring (bicyclic) bond motifs is 1. The normalized spacial score (nSPS) is 14.1. The molecule has 2 aromatic carbocycles. The molecule has 6 nitrogen and oxygen atoms in total. The van der Waals surface area contributed by atoms with Crippen LogP contribution < -0.4 is 10.1 Å². The van der Waals surface area contributed by atoms with Crippen molar-refractivity contribution >= 4 is 41.4 Å². The first-order valence-corrected chi connectivity index (χ1v) is 9.35. The standard InChI is InChI=1S/C24H20N2O4/c1-29-21-12-13-25-20(21)14-18-22-16(4-3-5-19(22)26-23(18)27)9-6-15-7-10-17(11-8-15)24(28)30-2/h3-14,25H,1-2H3,(H,26,27). The molecule has 0 saturated carbocycles. The molecule has 1 aliphatic rings. The number of methoxy groups -OCH3 is 2. The third-order valence-electron chi connectivity index (χ3n) is 4.89. The molecule has 30 heavy (non-hydrogen) atoms. The Morgan fingerprint density at radius 1 is 1.00 bits per heavy atom. The van der Waals surface area contributed by atoms with Crippen LogP contribution in [0.5, 0.6) is 5.75 Å². The number of aromatic nitrogens is 1. The number of carbonyl (C=O) groups is 2. The van der Waals surface area contributed by atoms with Gasteiger partial charge in [-0.25, -0.2) is 4.79 Å². The Labute approximate surface area is 173 Å². The lowest BCUT2D eigenvalue weighted by molar-refractivity contribution is -0.110. The Kier molecular flexibility index (Phi) is 5.22. The fraction of sp³-hybridized carbons (Fsp3) is 0.0833. The molecule has 1 amide bonds. The SMILES string of the molecule is COC(=O)c1ccc(C=Cc2cccc3c2C(=Cc2[nH]ccc2OC)C(=O)N3)cc1. The van der Waals surface area contributed by atoms with Crippen LogP contribution in [-0.4, -0.2) is 31.1 Å². The molecular weight excluding hydrogens is 380 g/mol. The van der Waals surface area contributed by atoms with Gasteiger partial charge in [0.15, 0.2) is 0 Å². The van der Waals surface area contributed by atoms with E-state index in [0.29, 0.717) is 16.9 Å². The molecule has 3 aromatic rings. The molecule has 0 radical (unpaired) electrons. The molecule has 0 atom stereocenters. The van der Waals surface area contributed by atoms with E-state index in [1.807, 2.05) is 48.6 Å². The molecule has 0 unspecified atom stereocenters. The van der Waals surface area contributed by atoms with Gasteiger partial charge in [-0.3, -0.25) is 4.79 Å². The summed E-state index contributed by atoms with van der Waals surface area (Å²) >= 11 is 0. The van der Waals surface area contributed by atoms with E-state index in [-0.39, 0.29) is 11.9 Å². The van der Waals surface area contributed by atoms with Crippen molar-refractivity contribution in [3.8, 4) is 5.75 Å². The van der Waals surface area contributed by atoms with Crippen molar-refractivity contribution in [1.29, 1.82) is 0 Å². The number of ether oxygens (including phenoxy) is 2. The number of aromatic amines is 1. The Hall–Kier alpha value is -4.06. The number of rotatable bonds is 5. The van der Waals surface area contributed by atoms with E-state index in [1.165, 1.54) is 7.11 Å². The quantitative estimate of drug-likeness (QED) is 0.376. The van der Waals surface area contributed by atoms with Gasteiger partial charge in [0.2, 0.25) is 0 Å². The van der Waals surface area contributed by atoms with Crippen molar-refractivity contribution in [2.24, 2.45) is 0 Å². The molecule has 2 N–H and O–H groups in total. The second kappa shape index (κ2) is 8.13. The molecule has 0 fully saturated rings. The fourth-order valence-corrected chi connectivity index (χ4v) is 3.39. The monoisotopic (exact) mass is 400 g/mol. The number of carbonyl (C=O) groups excluding carboxylic acids is 2. The van der Waals surface area contributed by atoms with E-state index >= 15 is 0 Å². The second-order valence-corrected chi connectivity index (χ2v) is 6.69. The predicted octanol–water partition coefficient (Wildman–Crippen LogP) is 4.47. The van der Waals surface area contributed by atoms with Crippen LogP contribution in [0, 0.1) is 0 Å². The summed E-state index contributed by atoms with van der Waals surface area (Å²) in [6, 6.07) is 14.7. The zero-order valence-electron chi connectivity index (χ0n) is 16.6. The van der Waals surface area contributed by atoms with Crippen molar-refractivity contribution in [1.82, 2.24) is 4.98 Å². The Bertz CT molecular complexity index is 1170. The highest BCUT2D eigenvalue weighted by atomic mass is 16.5. The molecule has 1 aliphatic heterocycles. The predicted molar refractivity (Wildman–Crippen MR) is 117 cm³/mol. The molecule has 2 heterocycles. The minimum atomic E-state index is -0.370. The summed E-state index contributed by atoms with van der Waals surface area (Å²) in [5.74, 6) is 0.137. The van der Waals surface area contributed by atoms with Gasteiger partial charge in [-0.1, -0.05) is 36.4 Å². The Morgan fingerprint density at radius 2 is 1.80 bits per heavy atom. The molecule has 6 heteroatoms. The lowest BCUT2D eigenvalue weighted by Crippen LogP contribution is -2.03. The minimum absolute atomic E-state index is 0.162. The highest BCUT2D eigenvalue weighted by molar-refractivity contribution is 6.35. The van der Waals surface area contributed by atoms with Crippen LogP contribution >= 0.6 is 0 Å². The Balaban J connectivity index is 1.69. The van der Waals surface area contributed by atoms with Crippen molar-refractivity contribution in [2.75, 3.05) is 19.5 Å².